The predicted octanol–water partition coefficient (Wildman–Crippen LogP) is 0.0709. The summed E-state index contributed by atoms with van der Waals surface area (Å²) in [6.45, 7) is 9.18. The van der Waals surface area contributed by atoms with Crippen molar-refractivity contribution >= 4 is 0 Å². The summed E-state index contributed by atoms with van der Waals surface area (Å²) in [4.78, 5) is 2.36. The summed E-state index contributed by atoms with van der Waals surface area (Å²) in [5, 5.41) is 0. The molecule has 2 unspecified atom stereocenters. The number of hydrogen-bond donors (Lipinski definition) is 1. The second-order valence-electron chi connectivity index (χ2n) is 3.75. The van der Waals surface area contributed by atoms with Crippen LogP contribution < -0.4 is 5.73 Å². The van der Waals surface area contributed by atoms with Crippen molar-refractivity contribution in [1.82, 2.24) is 4.90 Å². The van der Waals surface area contributed by atoms with Crippen LogP contribution in [-0.4, -0.2) is 56.5 Å². The first-order valence-corrected chi connectivity index (χ1v) is 5.41. The highest BCUT2D eigenvalue weighted by molar-refractivity contribution is 4.72. The van der Waals surface area contributed by atoms with Gasteiger partial charge in [-0.3, -0.25) is 4.90 Å². The molecule has 0 aliphatic carbocycles. The van der Waals surface area contributed by atoms with Gasteiger partial charge in [-0.15, -0.1) is 0 Å². The molecule has 1 heterocycles. The van der Waals surface area contributed by atoms with Crippen LogP contribution in [0, 0.1) is 0 Å². The summed E-state index contributed by atoms with van der Waals surface area (Å²) in [6.07, 6.45) is 0.508. The Kier molecular flexibility index (Phi) is 5.40. The zero-order valence-corrected chi connectivity index (χ0v) is 9.24. The maximum Gasteiger partial charge on any atom is 0.0823 e. The molecule has 84 valence electrons. The molecule has 0 aromatic heterocycles. The predicted molar refractivity (Wildman–Crippen MR) is 56.3 cm³/mol. The lowest BCUT2D eigenvalue weighted by atomic mass is 10.2. The van der Waals surface area contributed by atoms with E-state index in [0.29, 0.717) is 12.6 Å². The molecule has 0 spiro atoms. The molecule has 0 radical (unpaired) electrons. The normalized spacial score (nSPS) is 26.4. The third kappa shape index (κ3) is 3.92. The van der Waals surface area contributed by atoms with Crippen molar-refractivity contribution in [2.75, 3.05) is 39.4 Å². The van der Waals surface area contributed by atoms with Crippen LogP contribution in [0.5, 0.6) is 0 Å². The molecule has 1 saturated heterocycles. The number of ether oxygens (including phenoxy) is 2. The second-order valence-corrected chi connectivity index (χ2v) is 3.75. The van der Waals surface area contributed by atoms with Gasteiger partial charge >= 0.3 is 0 Å². The molecule has 0 amide bonds. The zero-order chi connectivity index (χ0) is 10.4. The number of nitrogens with zero attached hydrogens (tertiary/aromatic N) is 1. The number of hydrogen-bond acceptors (Lipinski definition) is 4. The van der Waals surface area contributed by atoms with Crippen molar-refractivity contribution in [2.45, 2.75) is 26.1 Å². The summed E-state index contributed by atoms with van der Waals surface area (Å²) < 4.78 is 11.0. The van der Waals surface area contributed by atoms with E-state index in [1.807, 2.05) is 6.92 Å². The van der Waals surface area contributed by atoms with Gasteiger partial charge in [0.1, 0.15) is 0 Å². The molecule has 4 heteroatoms. The van der Waals surface area contributed by atoms with Crippen molar-refractivity contribution in [3.05, 3.63) is 0 Å². The fraction of sp³-hybridized carbons (Fsp3) is 1.00. The molecule has 2 atom stereocenters. The third-order valence-corrected chi connectivity index (χ3v) is 2.45. The molecule has 0 bridgehead atoms. The van der Waals surface area contributed by atoms with Crippen LogP contribution in [0.1, 0.15) is 13.8 Å². The second kappa shape index (κ2) is 6.35. The molecular weight excluding hydrogens is 180 g/mol. The van der Waals surface area contributed by atoms with Gasteiger partial charge in [-0.25, -0.2) is 0 Å². The number of morpholine rings is 1. The van der Waals surface area contributed by atoms with E-state index in [2.05, 4.69) is 11.8 Å². The first kappa shape index (κ1) is 11.9. The van der Waals surface area contributed by atoms with Gasteiger partial charge in [-0.1, -0.05) is 0 Å². The molecule has 0 saturated carbocycles. The number of rotatable bonds is 5. The summed E-state index contributed by atoms with van der Waals surface area (Å²) in [5.74, 6) is 0. The van der Waals surface area contributed by atoms with Gasteiger partial charge in [-0.2, -0.15) is 0 Å². The largest absolute Gasteiger partial charge is 0.376 e. The lowest BCUT2D eigenvalue weighted by molar-refractivity contribution is -0.0406. The number of nitrogens with two attached hydrogens (primary N) is 1. The third-order valence-electron chi connectivity index (χ3n) is 2.45. The molecule has 14 heavy (non-hydrogen) atoms. The Balaban J connectivity index is 2.26. The molecule has 4 nitrogen and oxygen atoms in total. The molecule has 1 aliphatic heterocycles. The van der Waals surface area contributed by atoms with Gasteiger partial charge in [0, 0.05) is 32.8 Å². The maximum absolute atomic E-state index is 5.63. The smallest absolute Gasteiger partial charge is 0.0823 e. The first-order valence-electron chi connectivity index (χ1n) is 5.41. The summed E-state index contributed by atoms with van der Waals surface area (Å²) >= 11 is 0. The fourth-order valence-corrected chi connectivity index (χ4v) is 1.78. The van der Waals surface area contributed by atoms with Gasteiger partial charge in [-0.05, 0) is 13.8 Å². The Bertz CT molecular complexity index is 155. The lowest BCUT2D eigenvalue weighted by Crippen LogP contribution is -2.46. The van der Waals surface area contributed by atoms with E-state index in [1.165, 1.54) is 0 Å². The van der Waals surface area contributed by atoms with Crippen LogP contribution in [0.3, 0.4) is 0 Å². The summed E-state index contributed by atoms with van der Waals surface area (Å²) in [5.41, 5.74) is 5.63. The minimum atomic E-state index is 0.172. The molecule has 2 N–H and O–H groups in total. The van der Waals surface area contributed by atoms with Crippen LogP contribution in [0.25, 0.3) is 0 Å². The van der Waals surface area contributed by atoms with Crippen molar-refractivity contribution < 1.29 is 9.47 Å². The van der Waals surface area contributed by atoms with Crippen molar-refractivity contribution in [3.8, 4) is 0 Å². The van der Waals surface area contributed by atoms with E-state index >= 15 is 0 Å². The molecule has 0 aromatic carbocycles. The van der Waals surface area contributed by atoms with Gasteiger partial charge in [0.05, 0.1) is 18.8 Å². The summed E-state index contributed by atoms with van der Waals surface area (Å²) in [6, 6.07) is 0. The quantitative estimate of drug-likeness (QED) is 0.685. The SMILES string of the molecule is CCOC(CN)CN1CCOC(C)C1. The zero-order valence-electron chi connectivity index (χ0n) is 9.24. The highest BCUT2D eigenvalue weighted by atomic mass is 16.5. The Hall–Kier alpha value is -0.160. The van der Waals surface area contributed by atoms with E-state index in [0.717, 1.165) is 32.8 Å². The van der Waals surface area contributed by atoms with Crippen LogP contribution in [0.15, 0.2) is 0 Å². The molecule has 0 aromatic rings. The van der Waals surface area contributed by atoms with E-state index in [1.54, 1.807) is 0 Å². The average molecular weight is 202 g/mol. The topological polar surface area (TPSA) is 47.7 Å². The average Bonchev–Trinajstić information content (AvgIpc) is 2.17. The standard InChI is InChI=1S/C10H22N2O2/c1-3-13-10(6-11)8-12-4-5-14-9(2)7-12/h9-10H,3-8,11H2,1-2H3. The van der Waals surface area contributed by atoms with Crippen LogP contribution in [-0.2, 0) is 9.47 Å². The highest BCUT2D eigenvalue weighted by Gasteiger charge is 2.19. The molecule has 1 fully saturated rings. The summed E-state index contributed by atoms with van der Waals surface area (Å²) in [7, 11) is 0. The Labute approximate surface area is 86.3 Å². The van der Waals surface area contributed by atoms with E-state index in [4.69, 9.17) is 15.2 Å². The fourth-order valence-electron chi connectivity index (χ4n) is 1.78. The molecular formula is C10H22N2O2. The van der Waals surface area contributed by atoms with Gasteiger partial charge in [0.25, 0.3) is 0 Å². The first-order chi connectivity index (χ1) is 6.76. The van der Waals surface area contributed by atoms with Crippen LogP contribution in [0.2, 0.25) is 0 Å². The van der Waals surface area contributed by atoms with Crippen LogP contribution in [0.4, 0.5) is 0 Å². The minimum absolute atomic E-state index is 0.172. The van der Waals surface area contributed by atoms with Crippen molar-refractivity contribution in [3.63, 3.8) is 0 Å². The monoisotopic (exact) mass is 202 g/mol. The molecule has 1 aliphatic rings. The Morgan fingerprint density at radius 3 is 3.00 bits per heavy atom. The highest BCUT2D eigenvalue weighted by Crippen LogP contribution is 2.05. The Morgan fingerprint density at radius 1 is 1.64 bits per heavy atom. The van der Waals surface area contributed by atoms with E-state index in [9.17, 15) is 0 Å². The van der Waals surface area contributed by atoms with Gasteiger partial charge < -0.3 is 15.2 Å². The van der Waals surface area contributed by atoms with E-state index in [-0.39, 0.29) is 6.10 Å². The van der Waals surface area contributed by atoms with Crippen molar-refractivity contribution in [1.29, 1.82) is 0 Å². The van der Waals surface area contributed by atoms with E-state index < -0.39 is 0 Å². The lowest BCUT2D eigenvalue weighted by Gasteiger charge is -2.33. The van der Waals surface area contributed by atoms with Gasteiger partial charge in [0.2, 0.25) is 0 Å². The van der Waals surface area contributed by atoms with Crippen LogP contribution >= 0.6 is 0 Å². The van der Waals surface area contributed by atoms with Crippen molar-refractivity contribution in [2.24, 2.45) is 5.73 Å². The Morgan fingerprint density at radius 2 is 2.43 bits per heavy atom. The maximum atomic E-state index is 5.63. The molecule has 1 rings (SSSR count). The van der Waals surface area contributed by atoms with Gasteiger partial charge in [0.15, 0.2) is 0 Å². The minimum Gasteiger partial charge on any atom is -0.376 e.